The Morgan fingerprint density at radius 2 is 2.56 bits per heavy atom. The number of ether oxygens (including phenoxy) is 1. The van der Waals surface area contributed by atoms with Crippen molar-refractivity contribution in [2.24, 2.45) is 0 Å². The van der Waals surface area contributed by atoms with Gasteiger partial charge >= 0.3 is 0 Å². The van der Waals surface area contributed by atoms with Crippen molar-refractivity contribution in [2.45, 2.75) is 5.09 Å². The number of methoxy groups -OCH3 is 1. The van der Waals surface area contributed by atoms with Gasteiger partial charge in [-0.25, -0.2) is 0 Å². The molecule has 0 spiro atoms. The van der Waals surface area contributed by atoms with E-state index < -0.39 is 0 Å². The zero-order valence-corrected chi connectivity index (χ0v) is 6.07. The molecule has 0 saturated heterocycles. The third kappa shape index (κ3) is 1.38. The molecule has 4 heteroatoms. The first-order valence-electron chi connectivity index (χ1n) is 2.41. The zero-order valence-electron chi connectivity index (χ0n) is 5.25. The highest BCUT2D eigenvalue weighted by molar-refractivity contribution is 7.98. The number of hydrogen-bond acceptors (Lipinski definition) is 4. The predicted octanol–water partition coefficient (Wildman–Crippen LogP) is 1.41. The average Bonchev–Trinajstić information content (AvgIpc) is 2.34. The van der Waals surface area contributed by atoms with Crippen LogP contribution in [-0.4, -0.2) is 18.5 Å². The Hall–Kier alpha value is -0.640. The van der Waals surface area contributed by atoms with Crippen LogP contribution in [0, 0.1) is 0 Å². The molecule has 1 aromatic rings. The second-order valence-corrected chi connectivity index (χ2v) is 2.20. The van der Waals surface area contributed by atoms with E-state index in [1.165, 1.54) is 11.8 Å². The SMILES string of the molecule is COc1cc(SC)on1. The second-order valence-electron chi connectivity index (χ2n) is 1.39. The lowest BCUT2D eigenvalue weighted by Gasteiger charge is -1.83. The van der Waals surface area contributed by atoms with Crippen molar-refractivity contribution in [1.82, 2.24) is 5.16 Å². The van der Waals surface area contributed by atoms with Crippen molar-refractivity contribution in [3.63, 3.8) is 0 Å². The lowest BCUT2D eigenvalue weighted by atomic mass is 10.7. The van der Waals surface area contributed by atoms with E-state index in [0.717, 1.165) is 5.09 Å². The van der Waals surface area contributed by atoms with Gasteiger partial charge in [-0.1, -0.05) is 11.8 Å². The minimum absolute atomic E-state index is 0.527. The van der Waals surface area contributed by atoms with Gasteiger partial charge in [-0.15, -0.1) is 0 Å². The van der Waals surface area contributed by atoms with Crippen LogP contribution in [0.1, 0.15) is 0 Å². The van der Waals surface area contributed by atoms with Gasteiger partial charge in [0, 0.05) is 0 Å². The van der Waals surface area contributed by atoms with Gasteiger partial charge in [-0.2, -0.15) is 0 Å². The van der Waals surface area contributed by atoms with Crippen molar-refractivity contribution in [1.29, 1.82) is 0 Å². The molecule has 0 bridgehead atoms. The molecule has 9 heavy (non-hydrogen) atoms. The lowest BCUT2D eigenvalue weighted by molar-refractivity contribution is 0.309. The number of rotatable bonds is 2. The number of nitrogens with zero attached hydrogens (tertiary/aromatic N) is 1. The summed E-state index contributed by atoms with van der Waals surface area (Å²) in [7, 11) is 1.56. The van der Waals surface area contributed by atoms with Crippen molar-refractivity contribution < 1.29 is 9.26 Å². The standard InChI is InChI=1S/C5H7NO2S/c1-7-4-3-5(9-2)8-6-4/h3H,1-2H3. The molecule has 0 radical (unpaired) electrons. The van der Waals surface area contributed by atoms with Gasteiger partial charge in [-0.05, 0) is 11.4 Å². The Morgan fingerprint density at radius 3 is 2.89 bits per heavy atom. The summed E-state index contributed by atoms with van der Waals surface area (Å²) in [6.07, 6.45) is 1.92. The summed E-state index contributed by atoms with van der Waals surface area (Å²) < 4.78 is 9.57. The highest BCUT2D eigenvalue weighted by Crippen LogP contribution is 2.18. The average molecular weight is 145 g/mol. The van der Waals surface area contributed by atoms with Crippen molar-refractivity contribution in [2.75, 3.05) is 13.4 Å². The number of hydrogen-bond donors (Lipinski definition) is 0. The molecule has 1 heterocycles. The van der Waals surface area contributed by atoms with Gasteiger partial charge < -0.3 is 9.26 Å². The molecular formula is C5H7NO2S. The first-order chi connectivity index (χ1) is 4.36. The van der Waals surface area contributed by atoms with Gasteiger partial charge in [0.1, 0.15) is 0 Å². The van der Waals surface area contributed by atoms with Crippen molar-refractivity contribution in [3.05, 3.63) is 6.07 Å². The fraction of sp³-hybridized carbons (Fsp3) is 0.400. The fourth-order valence-electron chi connectivity index (χ4n) is 0.436. The van der Waals surface area contributed by atoms with Crippen LogP contribution in [0.25, 0.3) is 0 Å². The van der Waals surface area contributed by atoms with E-state index in [4.69, 9.17) is 9.26 Å². The molecule has 0 aromatic carbocycles. The summed E-state index contributed by atoms with van der Waals surface area (Å²) in [5.41, 5.74) is 0. The third-order valence-electron chi connectivity index (χ3n) is 0.877. The fourth-order valence-corrected chi connectivity index (χ4v) is 0.766. The largest absolute Gasteiger partial charge is 0.479 e. The molecule has 0 aliphatic carbocycles. The lowest BCUT2D eigenvalue weighted by Crippen LogP contribution is -1.78. The summed E-state index contributed by atoms with van der Waals surface area (Å²) in [6, 6.07) is 1.74. The van der Waals surface area contributed by atoms with Gasteiger partial charge in [0.25, 0.3) is 5.88 Å². The Bertz CT molecular complexity index is 168. The van der Waals surface area contributed by atoms with E-state index in [1.54, 1.807) is 13.2 Å². The first kappa shape index (κ1) is 6.48. The molecule has 1 rings (SSSR count). The highest BCUT2D eigenvalue weighted by atomic mass is 32.2. The molecule has 0 N–H and O–H groups in total. The summed E-state index contributed by atoms with van der Waals surface area (Å²) in [4.78, 5) is 0. The van der Waals surface area contributed by atoms with Gasteiger partial charge in [0.05, 0.1) is 13.2 Å². The molecule has 0 aliphatic heterocycles. The minimum atomic E-state index is 0.527. The van der Waals surface area contributed by atoms with Crippen LogP contribution < -0.4 is 4.74 Å². The molecular weight excluding hydrogens is 138 g/mol. The van der Waals surface area contributed by atoms with Crippen molar-refractivity contribution >= 4 is 11.8 Å². The predicted molar refractivity (Wildman–Crippen MR) is 34.8 cm³/mol. The molecule has 0 aliphatic rings. The maximum atomic E-state index is 4.79. The van der Waals surface area contributed by atoms with Crippen molar-refractivity contribution in [3.8, 4) is 5.88 Å². The van der Waals surface area contributed by atoms with E-state index in [2.05, 4.69) is 5.16 Å². The van der Waals surface area contributed by atoms with E-state index in [-0.39, 0.29) is 0 Å². The molecule has 1 aromatic heterocycles. The van der Waals surface area contributed by atoms with Crippen LogP contribution in [0.4, 0.5) is 0 Å². The Morgan fingerprint density at radius 1 is 1.78 bits per heavy atom. The van der Waals surface area contributed by atoms with Crippen LogP contribution in [0.2, 0.25) is 0 Å². The van der Waals surface area contributed by atoms with Crippen LogP contribution in [-0.2, 0) is 0 Å². The monoisotopic (exact) mass is 145 g/mol. The van der Waals surface area contributed by atoms with Crippen LogP contribution in [0.5, 0.6) is 5.88 Å². The molecule has 0 fully saturated rings. The Kier molecular flexibility index (Phi) is 2.00. The third-order valence-corrected chi connectivity index (χ3v) is 1.47. The summed E-state index contributed by atoms with van der Waals surface area (Å²) in [5, 5.41) is 4.36. The van der Waals surface area contributed by atoms with E-state index in [0.29, 0.717) is 5.88 Å². The van der Waals surface area contributed by atoms with Crippen LogP contribution in [0.3, 0.4) is 0 Å². The van der Waals surface area contributed by atoms with E-state index in [9.17, 15) is 0 Å². The number of thioether (sulfide) groups is 1. The summed E-state index contributed by atoms with van der Waals surface area (Å²) in [6.45, 7) is 0. The van der Waals surface area contributed by atoms with Crippen LogP contribution >= 0.6 is 11.8 Å². The van der Waals surface area contributed by atoms with Gasteiger partial charge in [0.15, 0.2) is 5.09 Å². The van der Waals surface area contributed by atoms with Gasteiger partial charge in [-0.3, -0.25) is 0 Å². The van der Waals surface area contributed by atoms with Crippen LogP contribution in [0.15, 0.2) is 15.7 Å². The smallest absolute Gasteiger partial charge is 0.254 e. The number of aromatic nitrogens is 1. The quantitative estimate of drug-likeness (QED) is 0.589. The van der Waals surface area contributed by atoms with E-state index in [1.807, 2.05) is 6.26 Å². The molecule has 3 nitrogen and oxygen atoms in total. The minimum Gasteiger partial charge on any atom is -0.479 e. The second kappa shape index (κ2) is 2.77. The maximum absolute atomic E-state index is 4.79. The molecule has 0 atom stereocenters. The molecule has 0 amide bonds. The topological polar surface area (TPSA) is 35.3 Å². The molecule has 0 saturated carbocycles. The maximum Gasteiger partial charge on any atom is 0.254 e. The first-order valence-corrected chi connectivity index (χ1v) is 3.64. The van der Waals surface area contributed by atoms with E-state index >= 15 is 0 Å². The zero-order chi connectivity index (χ0) is 6.69. The molecule has 50 valence electrons. The summed E-state index contributed by atoms with van der Waals surface area (Å²) in [5.74, 6) is 0.527. The molecule has 0 unspecified atom stereocenters. The Labute approximate surface area is 57.4 Å². The normalized spacial score (nSPS) is 9.56. The van der Waals surface area contributed by atoms with Gasteiger partial charge in [0.2, 0.25) is 0 Å². The summed E-state index contributed by atoms with van der Waals surface area (Å²) >= 11 is 1.50. The Balaban J connectivity index is 2.74. The highest BCUT2D eigenvalue weighted by Gasteiger charge is 1.99.